The Morgan fingerprint density at radius 3 is 2.26 bits per heavy atom. The lowest BCUT2D eigenvalue weighted by molar-refractivity contribution is 0.387. The van der Waals surface area contributed by atoms with Crippen molar-refractivity contribution in [2.24, 2.45) is 17.8 Å². The van der Waals surface area contributed by atoms with Crippen molar-refractivity contribution in [3.63, 3.8) is 0 Å². The molecule has 0 heterocycles. The lowest BCUT2D eigenvalue weighted by Crippen LogP contribution is -2.27. The molecule has 5 aliphatic carbocycles. The lowest BCUT2D eigenvalue weighted by atomic mass is 9.69. The number of aryl methyl sites for hydroxylation is 1. The van der Waals surface area contributed by atoms with E-state index in [1.54, 1.807) is 5.57 Å². The Morgan fingerprint density at radius 1 is 0.754 bits per heavy atom. The van der Waals surface area contributed by atoms with Crippen LogP contribution in [0.2, 0.25) is 0 Å². The summed E-state index contributed by atoms with van der Waals surface area (Å²) in [6, 6.07) is 41.5. The van der Waals surface area contributed by atoms with Gasteiger partial charge in [-0.1, -0.05) is 174 Å². The number of allylic oxidation sites excluding steroid dienone is 13. The molecule has 0 amide bonds. The third kappa shape index (κ3) is 6.87. The molecule has 61 heavy (non-hydrogen) atoms. The van der Waals surface area contributed by atoms with Crippen LogP contribution >= 0.6 is 0 Å². The smallest absolute Gasteiger partial charge is 0.0465 e. The van der Waals surface area contributed by atoms with Gasteiger partial charge >= 0.3 is 0 Å². The number of anilines is 3. The maximum atomic E-state index is 4.12. The van der Waals surface area contributed by atoms with Gasteiger partial charge in [-0.15, -0.1) is 0 Å². The second kappa shape index (κ2) is 15.5. The van der Waals surface area contributed by atoms with E-state index in [4.69, 9.17) is 0 Å². The van der Waals surface area contributed by atoms with E-state index in [-0.39, 0.29) is 10.8 Å². The van der Waals surface area contributed by atoms with E-state index in [1.165, 1.54) is 78.3 Å². The van der Waals surface area contributed by atoms with E-state index < -0.39 is 0 Å². The standard InChI is InChI=1S/C60H59N/c1-7-40-19-15-21-45(33-40)54(35-42-17-11-9-12-18-42)46-27-31-52-50-29-25-43(36-55(50)59(3,4)57(52)38-46)44-26-30-51-53-32-28-49(39-58(53)60(5,6)56(51)37-44)61(47-22-13-10-14-23-47)48-24-16-20-41(8-2)34-48/h7,9-14,16-17,19-20,22-34,36-39,42,52,54,57H,1,8,15,18,21,35H2,2-6H3. The fourth-order valence-corrected chi connectivity index (χ4v) is 11.4. The molecule has 1 nitrogen and oxygen atoms in total. The van der Waals surface area contributed by atoms with Gasteiger partial charge in [0.25, 0.3) is 0 Å². The molecule has 5 aromatic carbocycles. The highest BCUT2D eigenvalue weighted by Gasteiger charge is 2.46. The van der Waals surface area contributed by atoms with Gasteiger partial charge in [0.1, 0.15) is 0 Å². The summed E-state index contributed by atoms with van der Waals surface area (Å²) in [7, 11) is 0. The molecule has 304 valence electrons. The van der Waals surface area contributed by atoms with Crippen LogP contribution in [0.4, 0.5) is 17.1 Å². The van der Waals surface area contributed by atoms with Crippen LogP contribution in [0.15, 0.2) is 193 Å². The Kier molecular flexibility index (Phi) is 9.98. The largest absolute Gasteiger partial charge is 0.310 e. The molecule has 4 unspecified atom stereocenters. The lowest BCUT2D eigenvalue weighted by Gasteiger charge is -2.34. The summed E-state index contributed by atoms with van der Waals surface area (Å²) in [5, 5.41) is 0. The quantitative estimate of drug-likeness (QED) is 0.136. The first-order valence-electron chi connectivity index (χ1n) is 22.8. The van der Waals surface area contributed by atoms with E-state index in [2.05, 4.69) is 210 Å². The maximum Gasteiger partial charge on any atom is 0.0465 e. The number of fused-ring (bicyclic) bond motifs is 6. The van der Waals surface area contributed by atoms with E-state index >= 15 is 0 Å². The molecule has 5 aliphatic rings. The summed E-state index contributed by atoms with van der Waals surface area (Å²) in [6.45, 7) is 16.2. The van der Waals surface area contributed by atoms with Gasteiger partial charge in [-0.25, -0.2) is 0 Å². The second-order valence-electron chi connectivity index (χ2n) is 19.2. The third-order valence-corrected chi connectivity index (χ3v) is 14.9. The zero-order chi connectivity index (χ0) is 41.9. The van der Waals surface area contributed by atoms with E-state index in [9.17, 15) is 0 Å². The molecule has 0 fully saturated rings. The Labute approximate surface area is 365 Å². The fraction of sp³-hybridized carbons (Fsp3) is 0.267. The van der Waals surface area contributed by atoms with E-state index in [1.807, 2.05) is 6.08 Å². The van der Waals surface area contributed by atoms with Crippen molar-refractivity contribution in [2.45, 2.75) is 83.5 Å². The molecule has 0 aliphatic heterocycles. The molecule has 0 saturated heterocycles. The number of para-hydroxylation sites is 1. The van der Waals surface area contributed by atoms with Crippen molar-refractivity contribution in [2.75, 3.05) is 4.90 Å². The second-order valence-corrected chi connectivity index (χ2v) is 19.2. The Morgan fingerprint density at radius 2 is 1.49 bits per heavy atom. The number of nitrogens with zero attached hydrogens (tertiary/aromatic N) is 1. The highest BCUT2D eigenvalue weighted by atomic mass is 15.1. The summed E-state index contributed by atoms with van der Waals surface area (Å²) >= 11 is 0. The summed E-state index contributed by atoms with van der Waals surface area (Å²) in [4.78, 5) is 2.41. The Bertz CT molecular complexity index is 2720. The van der Waals surface area contributed by atoms with Gasteiger partial charge in [0, 0.05) is 34.3 Å². The number of rotatable bonds is 10. The average Bonchev–Trinajstić information content (AvgIpc) is 3.67. The van der Waals surface area contributed by atoms with Crippen LogP contribution < -0.4 is 4.90 Å². The molecule has 0 radical (unpaired) electrons. The predicted octanol–water partition coefficient (Wildman–Crippen LogP) is 16.2. The van der Waals surface area contributed by atoms with Crippen molar-refractivity contribution >= 4 is 17.1 Å². The number of hydrogen-bond donors (Lipinski definition) is 0. The van der Waals surface area contributed by atoms with Gasteiger partial charge in [0.15, 0.2) is 0 Å². The molecule has 0 N–H and O–H groups in total. The van der Waals surface area contributed by atoms with Gasteiger partial charge in [0.05, 0.1) is 0 Å². The third-order valence-electron chi connectivity index (χ3n) is 14.9. The highest BCUT2D eigenvalue weighted by molar-refractivity contribution is 5.87. The zero-order valence-electron chi connectivity index (χ0n) is 36.7. The van der Waals surface area contributed by atoms with Crippen molar-refractivity contribution in [1.82, 2.24) is 0 Å². The SMILES string of the molecule is C=CC1=CCCC(C(CC2C=CC=CC2)C2=CC3C(C=C2)c2ccc(-c4ccc5c(c4)C(C)(C)c4cc(N(c6ccccc6)c6cccc(CC)c6)ccc4-5)cc2C3(C)C)=C1. The molecule has 5 aromatic rings. The van der Waals surface area contributed by atoms with Crippen molar-refractivity contribution in [1.29, 1.82) is 0 Å². The normalized spacial score (nSPS) is 21.7. The Balaban J connectivity index is 0.966. The first-order chi connectivity index (χ1) is 29.6. The molecule has 0 saturated carbocycles. The molecular formula is C60H59N. The minimum absolute atomic E-state index is 0.00107. The van der Waals surface area contributed by atoms with Gasteiger partial charge in [-0.05, 0) is 153 Å². The van der Waals surface area contributed by atoms with Gasteiger partial charge in [-0.2, -0.15) is 0 Å². The van der Waals surface area contributed by atoms with Gasteiger partial charge < -0.3 is 4.90 Å². The van der Waals surface area contributed by atoms with Crippen molar-refractivity contribution < 1.29 is 0 Å². The first-order valence-corrected chi connectivity index (χ1v) is 22.8. The number of benzene rings is 5. The molecule has 1 heteroatoms. The molecule has 0 spiro atoms. The van der Waals surface area contributed by atoms with Crippen LogP contribution in [0.25, 0.3) is 22.3 Å². The minimum Gasteiger partial charge on any atom is -0.310 e. The van der Waals surface area contributed by atoms with Crippen LogP contribution in [0.1, 0.15) is 94.0 Å². The summed E-state index contributed by atoms with van der Waals surface area (Å²) in [6.07, 6.45) is 29.3. The maximum absolute atomic E-state index is 4.12. The summed E-state index contributed by atoms with van der Waals surface area (Å²) in [5.41, 5.74) is 20.2. The van der Waals surface area contributed by atoms with E-state index in [0.29, 0.717) is 23.7 Å². The van der Waals surface area contributed by atoms with Crippen LogP contribution in [0.3, 0.4) is 0 Å². The van der Waals surface area contributed by atoms with Crippen LogP contribution in [-0.2, 0) is 17.3 Å². The molecule has 4 atom stereocenters. The predicted molar refractivity (Wildman–Crippen MR) is 260 cm³/mol. The number of hydrogen-bond acceptors (Lipinski definition) is 1. The molecule has 0 bridgehead atoms. The molecular weight excluding hydrogens is 735 g/mol. The van der Waals surface area contributed by atoms with Crippen LogP contribution in [0, 0.1) is 17.8 Å². The Hall–Kier alpha value is -5.92. The summed E-state index contributed by atoms with van der Waals surface area (Å²) in [5.74, 6) is 1.80. The van der Waals surface area contributed by atoms with Gasteiger partial charge in [0.2, 0.25) is 0 Å². The molecule has 0 aromatic heterocycles. The monoisotopic (exact) mass is 793 g/mol. The summed E-state index contributed by atoms with van der Waals surface area (Å²) < 4.78 is 0. The van der Waals surface area contributed by atoms with Crippen LogP contribution in [0.5, 0.6) is 0 Å². The molecule has 10 rings (SSSR count). The van der Waals surface area contributed by atoms with Crippen LogP contribution in [-0.4, -0.2) is 0 Å². The highest BCUT2D eigenvalue weighted by Crippen LogP contribution is 2.56. The first kappa shape index (κ1) is 39.2. The van der Waals surface area contributed by atoms with E-state index in [0.717, 1.165) is 32.1 Å². The van der Waals surface area contributed by atoms with Gasteiger partial charge in [-0.3, -0.25) is 0 Å². The average molecular weight is 794 g/mol. The topological polar surface area (TPSA) is 3.24 Å². The van der Waals surface area contributed by atoms with Crippen molar-refractivity contribution in [3.8, 4) is 22.3 Å². The fourth-order valence-electron chi connectivity index (χ4n) is 11.4. The van der Waals surface area contributed by atoms with Crippen molar-refractivity contribution in [3.05, 3.63) is 221 Å². The zero-order valence-corrected chi connectivity index (χ0v) is 36.7. The minimum atomic E-state index is -0.155.